The number of rotatable bonds is 7. The Morgan fingerprint density at radius 3 is 0.636 bits per heavy atom. The SMILES string of the molecule is C[Si](C)(C)[C-](CC[C-]([Si](C)(C)C)[Si](C)(C)C)[Si](C)(C)C.[Li+].[Li+]. The summed E-state index contributed by atoms with van der Waals surface area (Å²) >= 11 is 0. The third kappa shape index (κ3) is 10.1. The van der Waals surface area contributed by atoms with E-state index in [1.807, 2.05) is 10.3 Å². The van der Waals surface area contributed by atoms with Crippen molar-refractivity contribution < 1.29 is 37.7 Å². The van der Waals surface area contributed by atoms with Gasteiger partial charge in [0.25, 0.3) is 0 Å². The van der Waals surface area contributed by atoms with Crippen LogP contribution in [-0.4, -0.2) is 32.3 Å². The molecular formula is C16H40Li2Si4. The van der Waals surface area contributed by atoms with Crippen molar-refractivity contribution in [2.45, 2.75) is 91.4 Å². The van der Waals surface area contributed by atoms with Gasteiger partial charge in [-0.2, -0.15) is 0 Å². The van der Waals surface area contributed by atoms with E-state index >= 15 is 0 Å². The molecule has 0 aliphatic heterocycles. The molecule has 0 aromatic heterocycles. The van der Waals surface area contributed by atoms with E-state index in [9.17, 15) is 0 Å². The monoisotopic (exact) mass is 358 g/mol. The zero-order valence-corrected chi connectivity index (χ0v) is 22.4. The third-order valence-electron chi connectivity index (χ3n) is 4.25. The van der Waals surface area contributed by atoms with E-state index in [0.717, 1.165) is 0 Å². The minimum atomic E-state index is -1.11. The number of hydrogen-bond acceptors (Lipinski definition) is 0. The second kappa shape index (κ2) is 9.68. The van der Waals surface area contributed by atoms with Crippen LogP contribution in [-0.2, 0) is 0 Å². The molecule has 122 valence electrons. The molecule has 0 N–H and O–H groups in total. The molecular weight excluding hydrogens is 318 g/mol. The first-order chi connectivity index (χ1) is 8.47. The Hall–Kier alpha value is 2.06. The van der Waals surface area contributed by atoms with Crippen molar-refractivity contribution >= 4 is 32.3 Å². The first kappa shape index (κ1) is 28.8. The van der Waals surface area contributed by atoms with Crippen LogP contribution in [0.3, 0.4) is 0 Å². The first-order valence-electron chi connectivity index (χ1n) is 8.21. The van der Waals surface area contributed by atoms with E-state index in [1.165, 1.54) is 12.8 Å². The summed E-state index contributed by atoms with van der Waals surface area (Å²) in [6.07, 6.45) is 2.82. The van der Waals surface area contributed by atoms with Crippen molar-refractivity contribution in [1.82, 2.24) is 0 Å². The van der Waals surface area contributed by atoms with Gasteiger partial charge < -0.3 is 10.3 Å². The maximum Gasteiger partial charge on any atom is 1.00 e. The predicted molar refractivity (Wildman–Crippen MR) is 109 cm³/mol. The van der Waals surface area contributed by atoms with Gasteiger partial charge in [-0.25, -0.2) is 12.8 Å². The van der Waals surface area contributed by atoms with Gasteiger partial charge in [-0.05, 0) is 0 Å². The van der Waals surface area contributed by atoms with Crippen molar-refractivity contribution in [3.63, 3.8) is 0 Å². The van der Waals surface area contributed by atoms with E-state index in [4.69, 9.17) is 0 Å². The predicted octanol–water partition coefficient (Wildman–Crippen LogP) is 0.433. The quantitative estimate of drug-likeness (QED) is 0.457. The van der Waals surface area contributed by atoms with Gasteiger partial charge in [0.2, 0.25) is 0 Å². The molecule has 0 nitrogen and oxygen atoms in total. The number of hydrogen-bond donors (Lipinski definition) is 0. The molecule has 0 aromatic rings. The van der Waals surface area contributed by atoms with Gasteiger partial charge in [0.1, 0.15) is 0 Å². The van der Waals surface area contributed by atoms with E-state index in [2.05, 4.69) is 78.6 Å². The summed E-state index contributed by atoms with van der Waals surface area (Å²) in [6, 6.07) is 0. The Bertz CT molecular complexity index is 246. The molecule has 0 aliphatic rings. The zero-order chi connectivity index (χ0) is 16.6. The van der Waals surface area contributed by atoms with Crippen LogP contribution in [0, 0.1) is 10.3 Å². The first-order valence-corrected chi connectivity index (χ1v) is 22.2. The van der Waals surface area contributed by atoms with Crippen molar-refractivity contribution in [3.05, 3.63) is 10.3 Å². The van der Waals surface area contributed by atoms with Crippen LogP contribution in [0.15, 0.2) is 0 Å². The Kier molecular flexibility index (Phi) is 12.7. The van der Waals surface area contributed by atoms with Crippen LogP contribution in [0.4, 0.5) is 0 Å². The summed E-state index contributed by atoms with van der Waals surface area (Å²) in [5.41, 5.74) is 0. The molecule has 0 aliphatic carbocycles. The Balaban J connectivity index is -0.00000180. The van der Waals surface area contributed by atoms with Crippen LogP contribution in [0.2, 0.25) is 78.6 Å². The smallest absolute Gasteiger partial charge is 0.314 e. The molecule has 0 saturated heterocycles. The summed E-state index contributed by atoms with van der Waals surface area (Å²) in [7, 11) is -4.44. The Morgan fingerprint density at radius 2 is 0.545 bits per heavy atom. The maximum absolute atomic E-state index is 2.56. The van der Waals surface area contributed by atoms with Crippen LogP contribution in [0.5, 0.6) is 0 Å². The van der Waals surface area contributed by atoms with E-state index in [1.54, 1.807) is 0 Å². The second-order valence-corrected chi connectivity index (χ2v) is 31.9. The zero-order valence-electron chi connectivity index (χ0n) is 18.4. The largest absolute Gasteiger partial charge is 1.00 e. The summed E-state index contributed by atoms with van der Waals surface area (Å²) in [5.74, 6) is 0. The van der Waals surface area contributed by atoms with Gasteiger partial charge in [0.05, 0.1) is 0 Å². The molecule has 0 aromatic carbocycles. The topological polar surface area (TPSA) is 0 Å². The molecule has 0 fully saturated rings. The molecule has 22 heavy (non-hydrogen) atoms. The molecule has 0 atom stereocenters. The van der Waals surface area contributed by atoms with Crippen LogP contribution in [0.1, 0.15) is 12.8 Å². The molecule has 0 bridgehead atoms. The van der Waals surface area contributed by atoms with E-state index in [0.29, 0.717) is 0 Å². The Morgan fingerprint density at radius 1 is 0.409 bits per heavy atom. The fourth-order valence-electron chi connectivity index (χ4n) is 4.00. The normalized spacial score (nSPS) is 13.9. The minimum absolute atomic E-state index is 0. The van der Waals surface area contributed by atoms with Gasteiger partial charge in [0.15, 0.2) is 0 Å². The average Bonchev–Trinajstić information content (AvgIpc) is 2.02. The molecule has 0 saturated carbocycles. The Labute approximate surface area is 170 Å². The fraction of sp³-hybridized carbons (Fsp3) is 0.875. The van der Waals surface area contributed by atoms with Crippen molar-refractivity contribution in [3.8, 4) is 0 Å². The molecule has 0 amide bonds. The molecule has 0 heterocycles. The van der Waals surface area contributed by atoms with Crippen LogP contribution >= 0.6 is 0 Å². The molecule has 0 spiro atoms. The van der Waals surface area contributed by atoms with Crippen molar-refractivity contribution in [2.24, 2.45) is 0 Å². The molecule has 0 radical (unpaired) electrons. The molecule has 6 heteroatoms. The maximum atomic E-state index is 2.56. The average molecular weight is 359 g/mol. The summed E-state index contributed by atoms with van der Waals surface area (Å²) < 4.78 is 0. The van der Waals surface area contributed by atoms with Gasteiger partial charge in [-0.15, -0.1) is 32.3 Å². The van der Waals surface area contributed by atoms with Crippen molar-refractivity contribution in [2.75, 3.05) is 0 Å². The van der Waals surface area contributed by atoms with Gasteiger partial charge >= 0.3 is 37.7 Å². The fourth-order valence-corrected chi connectivity index (χ4v) is 25.5. The van der Waals surface area contributed by atoms with Crippen molar-refractivity contribution in [1.29, 1.82) is 0 Å². The molecule has 0 unspecified atom stereocenters. The summed E-state index contributed by atoms with van der Waals surface area (Å²) in [6.45, 7) is 30.7. The standard InChI is InChI=1S/C16H40Si4.2Li/c1-17(2,3)15(18(4,5)6)13-14-16(19(7,8)9)20(10,11)12;;/h13-14H2,1-12H3;;/q-2;2*+1. The minimum Gasteiger partial charge on any atom is -0.314 e. The van der Waals surface area contributed by atoms with Crippen LogP contribution < -0.4 is 37.7 Å². The van der Waals surface area contributed by atoms with E-state index < -0.39 is 32.3 Å². The summed E-state index contributed by atoms with van der Waals surface area (Å²) in [4.78, 5) is 0. The van der Waals surface area contributed by atoms with E-state index in [-0.39, 0.29) is 37.7 Å². The van der Waals surface area contributed by atoms with Gasteiger partial charge in [-0.3, -0.25) is 0 Å². The van der Waals surface area contributed by atoms with Gasteiger partial charge in [0, 0.05) is 0 Å². The van der Waals surface area contributed by atoms with Crippen LogP contribution in [0.25, 0.3) is 0 Å². The summed E-state index contributed by atoms with van der Waals surface area (Å²) in [5, 5.41) is 4.03. The molecule has 0 rings (SSSR count). The van der Waals surface area contributed by atoms with Gasteiger partial charge in [-0.1, -0.05) is 78.6 Å². The third-order valence-corrected chi connectivity index (χ3v) is 21.5. The second-order valence-electron chi connectivity index (χ2n) is 10.5.